The lowest BCUT2D eigenvalue weighted by molar-refractivity contribution is -0.122. The smallest absolute Gasteiger partial charge is 0.220 e. The first-order valence-electron chi connectivity index (χ1n) is 11.1. The van der Waals surface area contributed by atoms with Crippen molar-refractivity contribution in [3.63, 3.8) is 0 Å². The minimum Gasteiger partial charge on any atom is -0.379 e. The van der Waals surface area contributed by atoms with Crippen molar-refractivity contribution in [2.45, 2.75) is 70.0 Å². The van der Waals surface area contributed by atoms with Gasteiger partial charge in [-0.15, -0.1) is 24.8 Å². The summed E-state index contributed by atoms with van der Waals surface area (Å²) >= 11 is 0. The molecule has 7 nitrogen and oxygen atoms in total. The van der Waals surface area contributed by atoms with E-state index in [0.29, 0.717) is 6.42 Å². The lowest BCUT2D eigenvalue weighted by Gasteiger charge is -2.48. The lowest BCUT2D eigenvalue weighted by Crippen LogP contribution is -2.59. The van der Waals surface area contributed by atoms with Gasteiger partial charge in [-0.25, -0.2) is 0 Å². The van der Waals surface area contributed by atoms with Gasteiger partial charge in [0, 0.05) is 51.1 Å². The number of rotatable bonds is 6. The first-order chi connectivity index (χ1) is 13.8. The van der Waals surface area contributed by atoms with E-state index in [1.807, 2.05) is 0 Å². The van der Waals surface area contributed by atoms with Gasteiger partial charge in [0.05, 0.1) is 24.6 Å². The number of hydrogen-bond acceptors (Lipinski definition) is 5. The van der Waals surface area contributed by atoms with E-state index in [9.17, 15) is 4.79 Å². The summed E-state index contributed by atoms with van der Waals surface area (Å²) in [6.07, 6.45) is 8.57. The molecule has 0 radical (unpaired) electrons. The molecule has 3 aliphatic rings. The van der Waals surface area contributed by atoms with E-state index in [2.05, 4.69) is 26.3 Å². The summed E-state index contributed by atoms with van der Waals surface area (Å²) in [4.78, 5) is 15.2. The fourth-order valence-electron chi connectivity index (χ4n) is 4.99. The van der Waals surface area contributed by atoms with Gasteiger partial charge in [-0.05, 0) is 31.9 Å². The highest BCUT2D eigenvalue weighted by atomic mass is 35.5. The Labute approximate surface area is 192 Å². The molecule has 4 rings (SSSR count). The van der Waals surface area contributed by atoms with E-state index in [1.165, 1.54) is 37.8 Å². The van der Waals surface area contributed by atoms with Crippen molar-refractivity contribution in [1.82, 2.24) is 25.3 Å². The fourth-order valence-corrected chi connectivity index (χ4v) is 4.99. The minimum absolute atomic E-state index is 0. The van der Waals surface area contributed by atoms with E-state index in [4.69, 9.17) is 9.84 Å². The molecule has 2 N–H and O–H groups in total. The third-order valence-electron chi connectivity index (χ3n) is 6.63. The normalized spacial score (nSPS) is 21.5. The van der Waals surface area contributed by atoms with Crippen molar-refractivity contribution in [2.24, 2.45) is 0 Å². The van der Waals surface area contributed by atoms with Crippen LogP contribution in [0.4, 0.5) is 0 Å². The molecule has 2 aliphatic heterocycles. The summed E-state index contributed by atoms with van der Waals surface area (Å²) in [5.74, 6) is 0.152. The molecule has 1 saturated heterocycles. The molecule has 1 saturated carbocycles. The van der Waals surface area contributed by atoms with Crippen molar-refractivity contribution in [2.75, 3.05) is 39.4 Å². The first-order valence-corrected chi connectivity index (χ1v) is 11.1. The number of aromatic nitrogens is 2. The average molecular weight is 462 g/mol. The van der Waals surface area contributed by atoms with Crippen LogP contribution in [0.25, 0.3) is 0 Å². The molecule has 0 unspecified atom stereocenters. The Morgan fingerprint density at radius 3 is 2.67 bits per heavy atom. The molecule has 2 fully saturated rings. The van der Waals surface area contributed by atoms with E-state index in [1.54, 1.807) is 0 Å². The van der Waals surface area contributed by atoms with Gasteiger partial charge >= 0.3 is 0 Å². The Kier molecular flexibility index (Phi) is 10.4. The second kappa shape index (κ2) is 12.2. The molecule has 9 heteroatoms. The monoisotopic (exact) mass is 461 g/mol. The van der Waals surface area contributed by atoms with E-state index in [0.717, 1.165) is 71.0 Å². The third kappa shape index (κ3) is 6.33. The maximum absolute atomic E-state index is 12.6. The van der Waals surface area contributed by atoms with Crippen LogP contribution < -0.4 is 10.6 Å². The molecule has 1 aliphatic carbocycles. The number of hydrogen-bond donors (Lipinski definition) is 2. The molecule has 3 heterocycles. The van der Waals surface area contributed by atoms with Crippen LogP contribution in [0.15, 0.2) is 6.07 Å². The molecule has 1 aromatic heterocycles. The summed E-state index contributed by atoms with van der Waals surface area (Å²) in [6, 6.07) is 2.15. The van der Waals surface area contributed by atoms with Gasteiger partial charge in [0.1, 0.15) is 0 Å². The number of ether oxygens (including phenoxy) is 1. The molecule has 30 heavy (non-hydrogen) atoms. The number of fused-ring (bicyclic) bond motifs is 1. The highest BCUT2D eigenvalue weighted by Crippen LogP contribution is 2.33. The Hall–Kier alpha value is -0.860. The predicted octanol–water partition coefficient (Wildman–Crippen LogP) is 2.30. The zero-order valence-corrected chi connectivity index (χ0v) is 19.5. The predicted molar refractivity (Wildman–Crippen MR) is 123 cm³/mol. The van der Waals surface area contributed by atoms with Crippen molar-refractivity contribution in [3.05, 3.63) is 17.5 Å². The molecule has 0 aromatic carbocycles. The molecule has 1 aromatic rings. The van der Waals surface area contributed by atoms with Crippen LogP contribution in [0.2, 0.25) is 0 Å². The zero-order valence-electron chi connectivity index (χ0n) is 17.9. The van der Waals surface area contributed by atoms with Crippen LogP contribution in [-0.4, -0.2) is 65.5 Å². The van der Waals surface area contributed by atoms with Crippen LogP contribution in [0.3, 0.4) is 0 Å². The van der Waals surface area contributed by atoms with Crippen molar-refractivity contribution >= 4 is 30.7 Å². The number of amides is 1. The number of carbonyl (C=O) groups excluding carboxylic acids is 1. The van der Waals surface area contributed by atoms with Crippen molar-refractivity contribution in [1.29, 1.82) is 0 Å². The van der Waals surface area contributed by atoms with E-state index < -0.39 is 0 Å². The van der Waals surface area contributed by atoms with Gasteiger partial charge in [-0.1, -0.05) is 19.3 Å². The summed E-state index contributed by atoms with van der Waals surface area (Å²) < 4.78 is 7.65. The van der Waals surface area contributed by atoms with Gasteiger partial charge in [-0.3, -0.25) is 14.4 Å². The number of carbonyl (C=O) groups is 1. The van der Waals surface area contributed by atoms with Crippen molar-refractivity contribution < 1.29 is 9.53 Å². The molecule has 1 amide bonds. The SMILES string of the molecule is Cl.Cl.O=C(CCc1cc2n(n1)CCCNC2)NCC1(N2CCOCC2)CCCCC1. The quantitative estimate of drug-likeness (QED) is 0.679. The van der Waals surface area contributed by atoms with Crippen molar-refractivity contribution in [3.8, 4) is 0 Å². The molecular formula is C21H37Cl2N5O2. The Morgan fingerprint density at radius 1 is 1.13 bits per heavy atom. The molecule has 0 atom stereocenters. The number of halogens is 2. The topological polar surface area (TPSA) is 71.4 Å². The average Bonchev–Trinajstić information content (AvgIpc) is 3.01. The first kappa shape index (κ1) is 25.4. The Bertz CT molecular complexity index is 634. The van der Waals surface area contributed by atoms with Gasteiger partial charge in [0.2, 0.25) is 5.91 Å². The largest absolute Gasteiger partial charge is 0.379 e. The molecule has 172 valence electrons. The lowest BCUT2D eigenvalue weighted by atomic mass is 9.79. The van der Waals surface area contributed by atoms with Crippen LogP contribution in [0.1, 0.15) is 56.3 Å². The Morgan fingerprint density at radius 2 is 1.90 bits per heavy atom. The number of morpholine rings is 1. The zero-order chi connectivity index (χ0) is 19.2. The maximum Gasteiger partial charge on any atom is 0.220 e. The van der Waals surface area contributed by atoms with Crippen LogP contribution in [0, 0.1) is 0 Å². The third-order valence-corrected chi connectivity index (χ3v) is 6.63. The molecule has 0 spiro atoms. The second-order valence-corrected chi connectivity index (χ2v) is 8.54. The summed E-state index contributed by atoms with van der Waals surface area (Å²) in [5.41, 5.74) is 2.41. The van der Waals surface area contributed by atoms with E-state index in [-0.39, 0.29) is 36.3 Å². The number of aryl methyl sites for hydroxylation is 2. The van der Waals surface area contributed by atoms with Crippen LogP contribution >= 0.6 is 24.8 Å². The standard InChI is InChI=1S/C21H35N5O2.2ClH/c27-20(6-5-18-15-19-16-22-9-4-10-26(19)24-18)23-17-21(7-2-1-3-8-21)25-11-13-28-14-12-25;;/h15,22H,1-14,16-17H2,(H,23,27);2*1H. The molecular weight excluding hydrogens is 425 g/mol. The van der Waals surface area contributed by atoms with Gasteiger partial charge in [0.25, 0.3) is 0 Å². The fraction of sp³-hybridized carbons (Fsp3) is 0.810. The number of nitrogens with zero attached hydrogens (tertiary/aromatic N) is 3. The molecule has 0 bridgehead atoms. The van der Waals surface area contributed by atoms with Gasteiger partial charge in [0.15, 0.2) is 0 Å². The highest BCUT2D eigenvalue weighted by Gasteiger charge is 2.38. The maximum atomic E-state index is 12.6. The Balaban J connectivity index is 0.00000160. The summed E-state index contributed by atoms with van der Waals surface area (Å²) in [7, 11) is 0. The minimum atomic E-state index is 0. The van der Waals surface area contributed by atoms with Crippen LogP contribution in [0.5, 0.6) is 0 Å². The van der Waals surface area contributed by atoms with E-state index >= 15 is 0 Å². The summed E-state index contributed by atoms with van der Waals surface area (Å²) in [5, 5.41) is 11.4. The van der Waals surface area contributed by atoms with Gasteiger partial charge in [-0.2, -0.15) is 5.10 Å². The summed E-state index contributed by atoms with van der Waals surface area (Å²) in [6.45, 7) is 7.28. The van der Waals surface area contributed by atoms with Gasteiger partial charge < -0.3 is 15.4 Å². The number of nitrogens with one attached hydrogen (secondary N) is 2. The van der Waals surface area contributed by atoms with Crippen LogP contribution in [-0.2, 0) is 29.0 Å². The second-order valence-electron chi connectivity index (χ2n) is 8.54. The highest BCUT2D eigenvalue weighted by molar-refractivity contribution is 5.85.